The van der Waals surface area contributed by atoms with Crippen LogP contribution in [-0.4, -0.2) is 23.2 Å². The van der Waals surface area contributed by atoms with Gasteiger partial charge in [-0.2, -0.15) is 0 Å². The number of benzene rings is 1. The number of thioether (sulfide) groups is 1. The monoisotopic (exact) mass is 268 g/mol. The third kappa shape index (κ3) is 7.45. The fraction of sp³-hybridized carbons (Fsp3) is 0.250. The van der Waals surface area contributed by atoms with Crippen LogP contribution in [0.1, 0.15) is 24.2 Å². The molecule has 0 unspecified atom stereocenters. The van der Waals surface area contributed by atoms with Crippen LogP contribution in [-0.2, 0) is 4.79 Å². The van der Waals surface area contributed by atoms with Gasteiger partial charge in [0.15, 0.2) is 5.78 Å². The molecule has 0 aliphatic heterocycles. The normalized spacial score (nSPS) is 8.78. The molecule has 0 heterocycles. The number of anilines is 1. The summed E-state index contributed by atoms with van der Waals surface area (Å²) < 4.78 is 0. The van der Waals surface area contributed by atoms with Crippen LogP contribution in [0.2, 0.25) is 0 Å². The minimum atomic E-state index is -0.294. The van der Waals surface area contributed by atoms with Gasteiger partial charge in [0.2, 0.25) is 6.41 Å². The number of carbonyl (C=O) groups is 3. The minimum Gasteiger partial charge on any atom is -0.361 e. The van der Waals surface area contributed by atoms with E-state index in [9.17, 15) is 14.4 Å². The zero-order chi connectivity index (χ0) is 14.0. The number of primary amides is 1. The molecule has 0 atom stereocenters. The lowest BCUT2D eigenvalue weighted by Crippen LogP contribution is -2.01. The summed E-state index contributed by atoms with van der Waals surface area (Å²) in [7, 11) is 0. The van der Waals surface area contributed by atoms with Crippen LogP contribution in [0.25, 0.3) is 0 Å². The molecule has 0 radical (unpaired) electrons. The van der Waals surface area contributed by atoms with Crippen molar-refractivity contribution in [3.05, 3.63) is 29.8 Å². The summed E-state index contributed by atoms with van der Waals surface area (Å²) >= 11 is 1.12. The van der Waals surface area contributed by atoms with Crippen molar-refractivity contribution in [2.45, 2.75) is 13.8 Å². The van der Waals surface area contributed by atoms with E-state index in [4.69, 9.17) is 5.73 Å². The summed E-state index contributed by atoms with van der Waals surface area (Å²) in [5.74, 6) is 0.794. The van der Waals surface area contributed by atoms with Gasteiger partial charge in [0.1, 0.15) is 0 Å². The predicted molar refractivity (Wildman–Crippen MR) is 73.8 cm³/mol. The van der Waals surface area contributed by atoms with E-state index in [-0.39, 0.29) is 11.0 Å². The Bertz CT molecular complexity index is 404. The molecule has 98 valence electrons. The quantitative estimate of drug-likeness (QED) is 0.647. The first-order valence-electron chi connectivity index (χ1n) is 5.24. The fourth-order valence-electron chi connectivity index (χ4n) is 1.01. The maximum absolute atomic E-state index is 10.8. The van der Waals surface area contributed by atoms with Crippen molar-refractivity contribution in [3.63, 3.8) is 0 Å². The number of amides is 2. The van der Waals surface area contributed by atoms with Crippen molar-refractivity contribution in [1.82, 2.24) is 0 Å². The number of nitrogens with two attached hydrogens (primary N) is 1. The Morgan fingerprint density at radius 3 is 2.17 bits per heavy atom. The van der Waals surface area contributed by atoms with E-state index in [1.807, 2.05) is 6.92 Å². The SMILES string of the molecule is CC(=O)c1ccc(NC=O)cc1.CCSC(N)=O. The van der Waals surface area contributed by atoms with Crippen molar-refractivity contribution in [1.29, 1.82) is 0 Å². The molecule has 0 aliphatic carbocycles. The molecule has 0 aromatic heterocycles. The molecule has 18 heavy (non-hydrogen) atoms. The van der Waals surface area contributed by atoms with E-state index >= 15 is 0 Å². The lowest BCUT2D eigenvalue weighted by atomic mass is 10.1. The van der Waals surface area contributed by atoms with Gasteiger partial charge in [-0.25, -0.2) is 0 Å². The highest BCUT2D eigenvalue weighted by molar-refractivity contribution is 8.13. The van der Waals surface area contributed by atoms with Gasteiger partial charge < -0.3 is 11.1 Å². The fourth-order valence-corrected chi connectivity index (χ4v) is 1.30. The van der Waals surface area contributed by atoms with E-state index in [2.05, 4.69) is 5.32 Å². The summed E-state index contributed by atoms with van der Waals surface area (Å²) in [4.78, 5) is 30.6. The van der Waals surface area contributed by atoms with E-state index in [1.54, 1.807) is 24.3 Å². The highest BCUT2D eigenvalue weighted by atomic mass is 32.2. The first kappa shape index (κ1) is 16.2. The van der Waals surface area contributed by atoms with Crippen molar-refractivity contribution in [2.24, 2.45) is 5.73 Å². The van der Waals surface area contributed by atoms with Crippen LogP contribution in [0, 0.1) is 0 Å². The zero-order valence-electron chi connectivity index (χ0n) is 10.3. The second-order valence-corrected chi connectivity index (χ2v) is 4.42. The Balaban J connectivity index is 0.000000411. The Morgan fingerprint density at radius 2 is 1.89 bits per heavy atom. The number of hydrogen-bond donors (Lipinski definition) is 2. The largest absolute Gasteiger partial charge is 0.361 e. The summed E-state index contributed by atoms with van der Waals surface area (Å²) in [5.41, 5.74) is 6.06. The second-order valence-electron chi connectivity index (χ2n) is 3.15. The Hall–Kier alpha value is -1.82. The first-order chi connectivity index (χ1) is 8.51. The summed E-state index contributed by atoms with van der Waals surface area (Å²) in [6.45, 7) is 3.39. The van der Waals surface area contributed by atoms with Gasteiger partial charge in [-0.05, 0) is 36.9 Å². The van der Waals surface area contributed by atoms with E-state index < -0.39 is 0 Å². The average Bonchev–Trinajstić information content (AvgIpc) is 2.30. The number of hydrogen-bond acceptors (Lipinski definition) is 4. The van der Waals surface area contributed by atoms with Crippen LogP contribution in [0.4, 0.5) is 10.5 Å². The smallest absolute Gasteiger partial charge is 0.276 e. The third-order valence-electron chi connectivity index (χ3n) is 1.80. The lowest BCUT2D eigenvalue weighted by Gasteiger charge is -1.98. The van der Waals surface area contributed by atoms with Gasteiger partial charge in [0.25, 0.3) is 5.24 Å². The highest BCUT2D eigenvalue weighted by Crippen LogP contribution is 2.08. The predicted octanol–water partition coefficient (Wildman–Crippen LogP) is 2.28. The van der Waals surface area contributed by atoms with Crippen molar-refractivity contribution < 1.29 is 14.4 Å². The first-order valence-corrected chi connectivity index (χ1v) is 6.23. The molecule has 6 heteroatoms. The third-order valence-corrected chi connectivity index (χ3v) is 2.38. The van der Waals surface area contributed by atoms with Gasteiger partial charge in [0, 0.05) is 11.3 Å². The highest BCUT2D eigenvalue weighted by Gasteiger charge is 1.97. The molecular formula is C12H16N2O3S. The van der Waals surface area contributed by atoms with Gasteiger partial charge in [-0.1, -0.05) is 18.7 Å². The number of carbonyl (C=O) groups excluding carboxylic acids is 3. The van der Waals surface area contributed by atoms with Crippen molar-refractivity contribution in [3.8, 4) is 0 Å². The van der Waals surface area contributed by atoms with Crippen LogP contribution in [0.5, 0.6) is 0 Å². The van der Waals surface area contributed by atoms with E-state index in [0.29, 0.717) is 17.7 Å². The van der Waals surface area contributed by atoms with Gasteiger partial charge in [-0.15, -0.1) is 0 Å². The molecule has 5 nitrogen and oxygen atoms in total. The maximum atomic E-state index is 10.8. The molecule has 0 fully saturated rings. The molecule has 0 saturated heterocycles. The molecular weight excluding hydrogens is 252 g/mol. The Kier molecular flexibility index (Phi) is 8.30. The van der Waals surface area contributed by atoms with E-state index in [0.717, 1.165) is 17.5 Å². The number of nitrogens with one attached hydrogen (secondary N) is 1. The summed E-state index contributed by atoms with van der Waals surface area (Å²) in [6, 6.07) is 6.72. The molecule has 1 aromatic rings. The Labute approximate surface area is 110 Å². The number of rotatable bonds is 4. The molecule has 2 amide bonds. The molecule has 1 rings (SSSR count). The maximum Gasteiger partial charge on any atom is 0.276 e. The standard InChI is InChI=1S/C9H9NO2.C3H7NOS/c1-7(12)8-2-4-9(5-3-8)10-6-11;1-2-6-3(4)5/h2-6H,1H3,(H,10,11);2H2,1H3,(H2,4,5). The summed E-state index contributed by atoms with van der Waals surface area (Å²) in [5, 5.41) is 2.19. The van der Waals surface area contributed by atoms with Crippen LogP contribution >= 0.6 is 11.8 Å². The van der Waals surface area contributed by atoms with Crippen molar-refractivity contribution in [2.75, 3.05) is 11.1 Å². The second kappa shape index (κ2) is 9.23. The minimum absolute atomic E-state index is 0.0210. The number of Topliss-reactive ketones (excluding diaryl/α,β-unsaturated/α-hetero) is 1. The molecule has 0 aliphatic rings. The zero-order valence-corrected chi connectivity index (χ0v) is 11.1. The topological polar surface area (TPSA) is 89.3 Å². The molecule has 0 bridgehead atoms. The van der Waals surface area contributed by atoms with Crippen LogP contribution in [0.15, 0.2) is 24.3 Å². The molecule has 0 spiro atoms. The Morgan fingerprint density at radius 1 is 1.33 bits per heavy atom. The average molecular weight is 268 g/mol. The van der Waals surface area contributed by atoms with Crippen LogP contribution < -0.4 is 11.1 Å². The van der Waals surface area contributed by atoms with Crippen molar-refractivity contribution >= 4 is 34.9 Å². The van der Waals surface area contributed by atoms with Gasteiger partial charge in [0.05, 0.1) is 0 Å². The molecule has 3 N–H and O–H groups in total. The summed E-state index contributed by atoms with van der Waals surface area (Å²) in [6.07, 6.45) is 0.600. The molecule has 0 saturated carbocycles. The van der Waals surface area contributed by atoms with Gasteiger partial charge in [-0.3, -0.25) is 14.4 Å². The number of ketones is 1. The molecule has 1 aromatic carbocycles. The van der Waals surface area contributed by atoms with E-state index in [1.165, 1.54) is 6.92 Å². The van der Waals surface area contributed by atoms with Crippen LogP contribution in [0.3, 0.4) is 0 Å². The lowest BCUT2D eigenvalue weighted by molar-refractivity contribution is -0.105. The van der Waals surface area contributed by atoms with Gasteiger partial charge >= 0.3 is 0 Å².